The van der Waals surface area contributed by atoms with Crippen LogP contribution in [-0.2, 0) is 0 Å². The van der Waals surface area contributed by atoms with Crippen molar-refractivity contribution < 1.29 is 10.0 Å². The van der Waals surface area contributed by atoms with Crippen LogP contribution >= 0.6 is 0 Å². The van der Waals surface area contributed by atoms with Crippen molar-refractivity contribution in [2.75, 3.05) is 18.0 Å². The van der Waals surface area contributed by atoms with Gasteiger partial charge in [-0.1, -0.05) is 6.07 Å². The Labute approximate surface area is 113 Å². The molecule has 1 heterocycles. The van der Waals surface area contributed by atoms with Gasteiger partial charge in [0.15, 0.2) is 0 Å². The highest BCUT2D eigenvalue weighted by Gasteiger charge is 2.26. The zero-order valence-corrected chi connectivity index (χ0v) is 11.4. The van der Waals surface area contributed by atoms with Crippen LogP contribution in [0.5, 0.6) is 0 Å². The Kier molecular flexibility index (Phi) is 3.75. The Bertz CT molecular complexity index is 486. The van der Waals surface area contributed by atoms with Gasteiger partial charge >= 0.3 is 0 Å². The summed E-state index contributed by atoms with van der Waals surface area (Å²) < 4.78 is 0. The van der Waals surface area contributed by atoms with Crippen molar-refractivity contribution in [3.05, 3.63) is 33.9 Å². The van der Waals surface area contributed by atoms with Crippen molar-refractivity contribution in [1.29, 1.82) is 0 Å². The molecule has 1 fully saturated rings. The van der Waals surface area contributed by atoms with E-state index in [1.54, 1.807) is 13.0 Å². The molecule has 0 aliphatic carbocycles. The van der Waals surface area contributed by atoms with Gasteiger partial charge in [0, 0.05) is 24.8 Å². The largest absolute Gasteiger partial charge is 0.390 e. The Morgan fingerprint density at radius 2 is 2.11 bits per heavy atom. The minimum atomic E-state index is -0.622. The second-order valence-corrected chi connectivity index (χ2v) is 5.52. The van der Waals surface area contributed by atoms with E-state index in [-0.39, 0.29) is 10.6 Å². The lowest BCUT2D eigenvalue weighted by Gasteiger charge is -2.25. The average Bonchev–Trinajstić information content (AvgIpc) is 2.50. The van der Waals surface area contributed by atoms with E-state index >= 15 is 0 Å². The first kappa shape index (κ1) is 13.8. The Balaban J connectivity index is 2.27. The second-order valence-electron chi connectivity index (χ2n) is 5.52. The lowest BCUT2D eigenvalue weighted by molar-refractivity contribution is -0.385. The molecule has 2 rings (SSSR count). The Hall–Kier alpha value is -1.62. The first-order valence-corrected chi connectivity index (χ1v) is 6.62. The van der Waals surface area contributed by atoms with Gasteiger partial charge in [0.1, 0.15) is 0 Å². The van der Waals surface area contributed by atoms with Gasteiger partial charge in [-0.25, -0.2) is 0 Å². The summed E-state index contributed by atoms with van der Waals surface area (Å²) in [5, 5.41) is 21.1. The third-order valence-corrected chi connectivity index (χ3v) is 3.88. The summed E-state index contributed by atoms with van der Waals surface area (Å²) in [6.07, 6.45) is 2.36. The van der Waals surface area contributed by atoms with Crippen molar-refractivity contribution in [2.45, 2.75) is 38.7 Å². The molecule has 0 spiro atoms. The third kappa shape index (κ3) is 3.04. The quantitative estimate of drug-likeness (QED) is 0.658. The van der Waals surface area contributed by atoms with Crippen molar-refractivity contribution in [3.8, 4) is 0 Å². The second kappa shape index (κ2) is 5.17. The van der Waals surface area contributed by atoms with Gasteiger partial charge < -0.3 is 10.0 Å². The standard InChI is InChI=1S/C14H20N2O3/c1-11-12(5-3-6-13(11)16(18)19)15-9-4-7-14(2,17)8-10-15/h3,5-6,17H,4,7-10H2,1-2H3. The zero-order valence-electron chi connectivity index (χ0n) is 11.4. The molecular formula is C14H20N2O3. The van der Waals surface area contributed by atoms with Crippen LogP contribution < -0.4 is 4.90 Å². The summed E-state index contributed by atoms with van der Waals surface area (Å²) in [5.74, 6) is 0. The van der Waals surface area contributed by atoms with Crippen molar-refractivity contribution in [2.24, 2.45) is 0 Å². The van der Waals surface area contributed by atoms with E-state index in [0.29, 0.717) is 12.0 Å². The molecular weight excluding hydrogens is 244 g/mol. The van der Waals surface area contributed by atoms with Crippen molar-refractivity contribution in [1.82, 2.24) is 0 Å². The molecule has 1 N–H and O–H groups in total. The number of hydrogen-bond acceptors (Lipinski definition) is 4. The number of benzene rings is 1. The van der Waals surface area contributed by atoms with Gasteiger partial charge in [0.25, 0.3) is 5.69 Å². The van der Waals surface area contributed by atoms with E-state index in [9.17, 15) is 15.2 Å². The van der Waals surface area contributed by atoms with Gasteiger partial charge in [-0.2, -0.15) is 0 Å². The minimum Gasteiger partial charge on any atom is -0.390 e. The smallest absolute Gasteiger partial charge is 0.274 e. The molecule has 5 nitrogen and oxygen atoms in total. The molecule has 5 heteroatoms. The van der Waals surface area contributed by atoms with Gasteiger partial charge in [-0.3, -0.25) is 10.1 Å². The minimum absolute atomic E-state index is 0.161. The highest BCUT2D eigenvalue weighted by molar-refractivity contribution is 5.61. The van der Waals surface area contributed by atoms with Crippen molar-refractivity contribution >= 4 is 11.4 Å². The molecule has 1 unspecified atom stereocenters. The first-order chi connectivity index (χ1) is 8.91. The summed E-state index contributed by atoms with van der Waals surface area (Å²) in [5.41, 5.74) is 1.15. The van der Waals surface area contributed by atoms with Crippen LogP contribution in [0.25, 0.3) is 0 Å². The maximum absolute atomic E-state index is 11.0. The van der Waals surface area contributed by atoms with Crippen LogP contribution in [0.15, 0.2) is 18.2 Å². The molecule has 1 aromatic rings. The monoisotopic (exact) mass is 264 g/mol. The molecule has 0 aromatic heterocycles. The van der Waals surface area contributed by atoms with Crippen LogP contribution in [0.2, 0.25) is 0 Å². The topological polar surface area (TPSA) is 66.6 Å². The fraction of sp³-hybridized carbons (Fsp3) is 0.571. The van der Waals surface area contributed by atoms with Crippen molar-refractivity contribution in [3.63, 3.8) is 0 Å². The lowest BCUT2D eigenvalue weighted by Crippen LogP contribution is -2.28. The molecule has 1 aliphatic rings. The molecule has 104 valence electrons. The maximum Gasteiger partial charge on any atom is 0.274 e. The van der Waals surface area contributed by atoms with Crippen LogP contribution in [0, 0.1) is 17.0 Å². The number of rotatable bonds is 2. The van der Waals surface area contributed by atoms with Gasteiger partial charge in [0.2, 0.25) is 0 Å². The normalized spacial score (nSPS) is 24.1. The fourth-order valence-electron chi connectivity index (χ4n) is 2.66. The Morgan fingerprint density at radius 3 is 2.79 bits per heavy atom. The molecule has 1 aliphatic heterocycles. The summed E-state index contributed by atoms with van der Waals surface area (Å²) >= 11 is 0. The number of anilines is 1. The number of nitro groups is 1. The van der Waals surface area contributed by atoms with E-state index in [1.165, 1.54) is 6.07 Å². The lowest BCUT2D eigenvalue weighted by atomic mass is 9.98. The molecule has 0 bridgehead atoms. The predicted octanol–water partition coefficient (Wildman–Crippen LogP) is 2.64. The van der Waals surface area contributed by atoms with Crippen LogP contribution in [0.1, 0.15) is 31.7 Å². The Morgan fingerprint density at radius 1 is 1.37 bits per heavy atom. The number of nitrogens with zero attached hydrogens (tertiary/aromatic N) is 2. The SMILES string of the molecule is Cc1c(N2CCCC(C)(O)CC2)cccc1[N+](=O)[O-]. The van der Waals surface area contributed by atoms with E-state index in [2.05, 4.69) is 4.90 Å². The van der Waals surface area contributed by atoms with E-state index in [4.69, 9.17) is 0 Å². The van der Waals surface area contributed by atoms with E-state index in [0.717, 1.165) is 31.6 Å². The first-order valence-electron chi connectivity index (χ1n) is 6.62. The molecule has 19 heavy (non-hydrogen) atoms. The summed E-state index contributed by atoms with van der Waals surface area (Å²) in [6, 6.07) is 5.18. The predicted molar refractivity (Wildman–Crippen MR) is 74.5 cm³/mol. The number of nitro benzene ring substituents is 1. The van der Waals surface area contributed by atoms with Crippen LogP contribution in [0.4, 0.5) is 11.4 Å². The zero-order chi connectivity index (χ0) is 14.0. The molecule has 0 radical (unpaired) electrons. The fourth-order valence-corrected chi connectivity index (χ4v) is 2.66. The molecule has 1 saturated heterocycles. The van der Waals surface area contributed by atoms with Crippen LogP contribution in [-0.4, -0.2) is 28.7 Å². The summed E-state index contributed by atoms with van der Waals surface area (Å²) in [6.45, 7) is 5.21. The van der Waals surface area contributed by atoms with E-state index in [1.807, 2.05) is 13.0 Å². The van der Waals surface area contributed by atoms with E-state index < -0.39 is 5.60 Å². The third-order valence-electron chi connectivity index (χ3n) is 3.88. The summed E-state index contributed by atoms with van der Waals surface area (Å²) in [4.78, 5) is 12.8. The van der Waals surface area contributed by atoms with Gasteiger partial charge in [0.05, 0.1) is 16.1 Å². The number of aliphatic hydroxyl groups is 1. The molecule has 1 aromatic carbocycles. The van der Waals surface area contributed by atoms with Gasteiger partial charge in [-0.15, -0.1) is 0 Å². The molecule has 1 atom stereocenters. The van der Waals surface area contributed by atoms with Gasteiger partial charge in [-0.05, 0) is 39.2 Å². The molecule has 0 saturated carbocycles. The average molecular weight is 264 g/mol. The highest BCUT2D eigenvalue weighted by Crippen LogP contribution is 2.31. The summed E-state index contributed by atoms with van der Waals surface area (Å²) in [7, 11) is 0. The molecule has 0 amide bonds. The van der Waals surface area contributed by atoms with Crippen LogP contribution in [0.3, 0.4) is 0 Å². The maximum atomic E-state index is 11.0. The highest BCUT2D eigenvalue weighted by atomic mass is 16.6. The number of hydrogen-bond donors (Lipinski definition) is 1.